The quantitative estimate of drug-likeness (QED) is 0.742. The zero-order chi connectivity index (χ0) is 16.8. The van der Waals surface area contributed by atoms with E-state index < -0.39 is 0 Å². The van der Waals surface area contributed by atoms with Gasteiger partial charge in [-0.15, -0.1) is 11.3 Å². The van der Waals surface area contributed by atoms with E-state index in [1.807, 2.05) is 18.2 Å². The fourth-order valence-electron chi connectivity index (χ4n) is 2.32. The van der Waals surface area contributed by atoms with Gasteiger partial charge in [0.05, 0.1) is 22.6 Å². The minimum absolute atomic E-state index is 0.237. The number of nitrogens with zero attached hydrogens (tertiary/aromatic N) is 2. The van der Waals surface area contributed by atoms with Crippen molar-refractivity contribution in [2.75, 3.05) is 11.9 Å². The van der Waals surface area contributed by atoms with Gasteiger partial charge in [0.15, 0.2) is 0 Å². The number of aryl methyl sites for hydroxylation is 1. The van der Waals surface area contributed by atoms with Crippen LogP contribution < -0.4 is 10.6 Å². The number of aromatic nitrogens is 2. The van der Waals surface area contributed by atoms with Gasteiger partial charge in [0, 0.05) is 29.6 Å². The maximum atomic E-state index is 11.8. The highest BCUT2D eigenvalue weighted by Gasteiger charge is 2.10. The van der Waals surface area contributed by atoms with E-state index in [0.29, 0.717) is 18.7 Å². The van der Waals surface area contributed by atoms with Crippen molar-refractivity contribution in [1.29, 1.82) is 0 Å². The van der Waals surface area contributed by atoms with Gasteiger partial charge in [0.2, 0.25) is 0 Å². The molecule has 122 valence electrons. The second kappa shape index (κ2) is 7.70. The maximum Gasteiger partial charge on any atom is 0.319 e. The average molecular weight is 338 g/mol. The van der Waals surface area contributed by atoms with Gasteiger partial charge in [-0.3, -0.25) is 4.98 Å². The van der Waals surface area contributed by atoms with E-state index in [-0.39, 0.29) is 6.03 Å². The lowest BCUT2D eigenvalue weighted by Crippen LogP contribution is -2.30. The topological polar surface area (TPSA) is 66.9 Å². The first-order chi connectivity index (χ1) is 11.7. The zero-order valence-electron chi connectivity index (χ0n) is 13.3. The normalized spacial score (nSPS) is 10.4. The van der Waals surface area contributed by atoms with Gasteiger partial charge in [0.1, 0.15) is 0 Å². The average Bonchev–Trinajstić information content (AvgIpc) is 2.97. The summed E-state index contributed by atoms with van der Waals surface area (Å²) < 4.78 is 0. The molecule has 0 aliphatic heterocycles. The molecule has 6 heteroatoms. The van der Waals surface area contributed by atoms with Gasteiger partial charge in [-0.1, -0.05) is 30.3 Å². The molecule has 0 radical (unpaired) electrons. The molecule has 1 aromatic carbocycles. The van der Waals surface area contributed by atoms with Gasteiger partial charge < -0.3 is 10.6 Å². The van der Waals surface area contributed by atoms with Crippen LogP contribution >= 0.6 is 11.3 Å². The first-order valence-corrected chi connectivity index (χ1v) is 8.50. The third-order valence-electron chi connectivity index (χ3n) is 3.43. The Morgan fingerprint density at radius 1 is 1.17 bits per heavy atom. The third-order valence-corrected chi connectivity index (χ3v) is 4.46. The predicted octanol–water partition coefficient (Wildman–Crippen LogP) is 3.88. The summed E-state index contributed by atoms with van der Waals surface area (Å²) in [4.78, 5) is 21.7. The summed E-state index contributed by atoms with van der Waals surface area (Å²) >= 11 is 1.67. The third kappa shape index (κ3) is 4.17. The number of carbonyl (C=O) groups is 1. The molecule has 0 atom stereocenters. The highest BCUT2D eigenvalue weighted by Crippen LogP contribution is 2.27. The molecule has 0 aliphatic carbocycles. The molecular weight excluding hydrogens is 320 g/mol. The Morgan fingerprint density at radius 2 is 2.00 bits per heavy atom. The molecule has 5 nitrogen and oxygen atoms in total. The van der Waals surface area contributed by atoms with E-state index in [1.54, 1.807) is 35.9 Å². The minimum atomic E-state index is -0.237. The largest absolute Gasteiger partial charge is 0.337 e. The van der Waals surface area contributed by atoms with Crippen molar-refractivity contribution in [3.05, 3.63) is 64.7 Å². The molecule has 0 aliphatic rings. The number of carbonyl (C=O) groups excluding carboxylic acids is 1. The second-order valence-corrected chi connectivity index (χ2v) is 6.54. The summed E-state index contributed by atoms with van der Waals surface area (Å²) in [7, 11) is 0. The van der Waals surface area contributed by atoms with Crippen molar-refractivity contribution in [3.8, 4) is 11.3 Å². The maximum absolute atomic E-state index is 11.8. The van der Waals surface area contributed by atoms with Crippen LogP contribution in [0.1, 0.15) is 9.88 Å². The van der Waals surface area contributed by atoms with Crippen molar-refractivity contribution in [1.82, 2.24) is 15.3 Å². The van der Waals surface area contributed by atoms with Crippen molar-refractivity contribution in [2.24, 2.45) is 0 Å². The van der Waals surface area contributed by atoms with Gasteiger partial charge in [-0.2, -0.15) is 0 Å². The number of urea groups is 1. The predicted molar refractivity (Wildman–Crippen MR) is 97.2 cm³/mol. The van der Waals surface area contributed by atoms with Crippen LogP contribution in [-0.2, 0) is 6.42 Å². The number of pyridine rings is 1. The molecular formula is C18H18N4OS. The van der Waals surface area contributed by atoms with E-state index >= 15 is 0 Å². The van der Waals surface area contributed by atoms with Gasteiger partial charge >= 0.3 is 6.03 Å². The van der Waals surface area contributed by atoms with Crippen LogP contribution in [0.3, 0.4) is 0 Å². The molecule has 0 fully saturated rings. The first-order valence-electron chi connectivity index (χ1n) is 7.69. The number of thiazole rings is 1. The molecule has 0 saturated carbocycles. The van der Waals surface area contributed by atoms with Crippen LogP contribution in [0.2, 0.25) is 0 Å². The number of benzene rings is 1. The van der Waals surface area contributed by atoms with Crippen LogP contribution in [-0.4, -0.2) is 22.5 Å². The summed E-state index contributed by atoms with van der Waals surface area (Å²) in [5, 5.41) is 6.60. The lowest BCUT2D eigenvalue weighted by Gasteiger charge is -2.06. The summed E-state index contributed by atoms with van der Waals surface area (Å²) in [6, 6.07) is 13.5. The highest BCUT2D eigenvalue weighted by atomic mass is 32.1. The molecule has 0 spiro atoms. The summed E-state index contributed by atoms with van der Waals surface area (Å²) in [6.07, 6.45) is 3.98. The van der Waals surface area contributed by atoms with E-state index in [2.05, 4.69) is 34.7 Å². The molecule has 0 saturated heterocycles. The van der Waals surface area contributed by atoms with Crippen molar-refractivity contribution in [2.45, 2.75) is 13.3 Å². The lowest BCUT2D eigenvalue weighted by atomic mass is 10.1. The Morgan fingerprint density at radius 3 is 2.75 bits per heavy atom. The molecule has 3 rings (SSSR count). The summed E-state index contributed by atoms with van der Waals surface area (Å²) in [5.74, 6) is 0. The molecule has 24 heavy (non-hydrogen) atoms. The Bertz CT molecular complexity index is 802. The molecule has 2 amide bonds. The van der Waals surface area contributed by atoms with Crippen LogP contribution in [0.4, 0.5) is 10.5 Å². The number of anilines is 1. The molecule has 2 heterocycles. The van der Waals surface area contributed by atoms with Crippen LogP contribution in [0.15, 0.2) is 54.9 Å². The Balaban J connectivity index is 1.53. The molecule has 0 bridgehead atoms. The molecule has 0 unspecified atom stereocenters. The van der Waals surface area contributed by atoms with Crippen LogP contribution in [0, 0.1) is 6.92 Å². The first kappa shape index (κ1) is 16.1. The zero-order valence-corrected chi connectivity index (χ0v) is 14.1. The Hall–Kier alpha value is -2.73. The number of nitrogens with one attached hydrogen (secondary N) is 2. The second-order valence-electron chi connectivity index (χ2n) is 5.25. The Kier molecular flexibility index (Phi) is 5.18. The Labute approximate surface area is 144 Å². The fraction of sp³-hybridized carbons (Fsp3) is 0.167. The van der Waals surface area contributed by atoms with Gasteiger partial charge in [-0.05, 0) is 19.1 Å². The minimum Gasteiger partial charge on any atom is -0.337 e. The monoisotopic (exact) mass is 338 g/mol. The highest BCUT2D eigenvalue weighted by molar-refractivity contribution is 7.12. The van der Waals surface area contributed by atoms with E-state index in [0.717, 1.165) is 16.3 Å². The van der Waals surface area contributed by atoms with Gasteiger partial charge in [-0.25, -0.2) is 9.78 Å². The van der Waals surface area contributed by atoms with E-state index in [4.69, 9.17) is 4.98 Å². The fourth-order valence-corrected chi connectivity index (χ4v) is 3.27. The smallest absolute Gasteiger partial charge is 0.319 e. The van der Waals surface area contributed by atoms with E-state index in [9.17, 15) is 4.79 Å². The number of amides is 2. The lowest BCUT2D eigenvalue weighted by molar-refractivity contribution is 0.252. The molecule has 3 aromatic rings. The number of hydrogen-bond acceptors (Lipinski definition) is 4. The molecule has 2 N–H and O–H groups in total. The number of hydrogen-bond donors (Lipinski definition) is 2. The SMILES string of the molecule is Cc1sc(CCNC(=O)Nc2cccnc2)nc1-c1ccccc1. The van der Waals surface area contributed by atoms with Crippen LogP contribution in [0.5, 0.6) is 0 Å². The standard InChI is InChI=1S/C18H18N4OS/c1-13-17(14-6-3-2-4-7-14)22-16(24-13)9-11-20-18(23)21-15-8-5-10-19-12-15/h2-8,10,12H,9,11H2,1H3,(H2,20,21,23). The van der Waals surface area contributed by atoms with Gasteiger partial charge in [0.25, 0.3) is 0 Å². The van der Waals surface area contributed by atoms with Crippen LogP contribution in [0.25, 0.3) is 11.3 Å². The number of rotatable bonds is 5. The van der Waals surface area contributed by atoms with E-state index in [1.165, 1.54) is 4.88 Å². The summed E-state index contributed by atoms with van der Waals surface area (Å²) in [5.41, 5.74) is 2.82. The van der Waals surface area contributed by atoms with Crippen molar-refractivity contribution >= 4 is 23.1 Å². The van der Waals surface area contributed by atoms with Crippen molar-refractivity contribution in [3.63, 3.8) is 0 Å². The summed E-state index contributed by atoms with van der Waals surface area (Å²) in [6.45, 7) is 2.61. The molecule has 2 aromatic heterocycles. The van der Waals surface area contributed by atoms with Crippen molar-refractivity contribution < 1.29 is 4.79 Å².